The Morgan fingerprint density at radius 1 is 1.14 bits per heavy atom. The number of urea groups is 1. The fourth-order valence-electron chi connectivity index (χ4n) is 7.73. The van der Waals surface area contributed by atoms with Crippen molar-refractivity contribution in [2.75, 3.05) is 20.2 Å². The summed E-state index contributed by atoms with van der Waals surface area (Å²) < 4.78 is 5.57. The van der Waals surface area contributed by atoms with E-state index in [9.17, 15) is 14.7 Å². The molecule has 4 fully saturated rings. The fraction of sp³-hybridized carbons (Fsp3) is 0.500. The number of nitrogens with zero attached hydrogens (tertiary/aromatic N) is 1. The molecule has 2 heterocycles. The average Bonchev–Trinajstić information content (AvgIpc) is 3.21. The zero-order chi connectivity index (χ0) is 24.4. The van der Waals surface area contributed by atoms with Crippen molar-refractivity contribution in [2.45, 2.75) is 61.6 Å². The van der Waals surface area contributed by atoms with Crippen molar-refractivity contribution >= 4 is 11.9 Å². The lowest BCUT2D eigenvalue weighted by molar-refractivity contribution is -0.148. The van der Waals surface area contributed by atoms with Gasteiger partial charge in [-0.25, -0.2) is 4.79 Å². The Morgan fingerprint density at radius 2 is 1.94 bits per heavy atom. The monoisotopic (exact) mass is 475 g/mol. The van der Waals surface area contributed by atoms with Gasteiger partial charge in [0.15, 0.2) is 0 Å². The summed E-state index contributed by atoms with van der Waals surface area (Å²) >= 11 is 0. The summed E-state index contributed by atoms with van der Waals surface area (Å²) in [7, 11) is 1.65. The van der Waals surface area contributed by atoms with Gasteiger partial charge in [-0.3, -0.25) is 15.0 Å². The number of aliphatic hydroxyl groups is 1. The Labute approximate surface area is 205 Å². The van der Waals surface area contributed by atoms with Crippen LogP contribution in [0.3, 0.4) is 0 Å². The number of carbonyl (C=O) groups excluding carboxylic acids is 2. The summed E-state index contributed by atoms with van der Waals surface area (Å²) in [6.45, 7) is 3.89. The number of nitrogens with one attached hydrogen (secondary N) is 2. The molecule has 7 nitrogen and oxygen atoms in total. The molecule has 2 aromatic carbocycles. The van der Waals surface area contributed by atoms with Crippen molar-refractivity contribution in [2.24, 2.45) is 5.92 Å². The molecule has 2 aliphatic carbocycles. The quantitative estimate of drug-likeness (QED) is 0.579. The summed E-state index contributed by atoms with van der Waals surface area (Å²) in [5, 5.41) is 18.0. The normalized spacial score (nSPS) is 35.7. The largest absolute Gasteiger partial charge is 0.497 e. The molecule has 184 valence electrons. The molecule has 7 heteroatoms. The number of ether oxygens (including phenoxy) is 1. The first-order chi connectivity index (χ1) is 16.8. The second-order valence-electron chi connectivity index (χ2n) is 11.0. The highest BCUT2D eigenvalue weighted by Gasteiger charge is 2.73. The van der Waals surface area contributed by atoms with Gasteiger partial charge in [0.1, 0.15) is 11.3 Å². The van der Waals surface area contributed by atoms with E-state index in [1.54, 1.807) is 7.11 Å². The molecule has 35 heavy (non-hydrogen) atoms. The number of carbonyl (C=O) groups is 2. The molecule has 2 aliphatic heterocycles. The van der Waals surface area contributed by atoms with Gasteiger partial charge in [0.05, 0.1) is 12.7 Å². The number of likely N-dealkylation sites (tertiary alicyclic amines) is 1. The van der Waals surface area contributed by atoms with Gasteiger partial charge in [-0.1, -0.05) is 36.4 Å². The Hall–Kier alpha value is -2.90. The first-order valence-corrected chi connectivity index (χ1v) is 12.6. The van der Waals surface area contributed by atoms with Gasteiger partial charge in [0.25, 0.3) is 5.91 Å². The van der Waals surface area contributed by atoms with Crippen LogP contribution < -0.4 is 15.4 Å². The number of benzene rings is 2. The first kappa shape index (κ1) is 22.6. The van der Waals surface area contributed by atoms with Crippen LogP contribution in [0.1, 0.15) is 42.4 Å². The maximum absolute atomic E-state index is 13.0. The molecule has 5 unspecified atom stereocenters. The van der Waals surface area contributed by atoms with Gasteiger partial charge in [-0.15, -0.1) is 0 Å². The lowest BCUT2D eigenvalue weighted by Crippen LogP contribution is -2.70. The van der Waals surface area contributed by atoms with Gasteiger partial charge < -0.3 is 15.2 Å². The summed E-state index contributed by atoms with van der Waals surface area (Å²) in [4.78, 5) is 27.6. The van der Waals surface area contributed by atoms with E-state index in [2.05, 4.69) is 46.7 Å². The number of hydrogen-bond acceptors (Lipinski definition) is 5. The number of imide groups is 1. The zero-order valence-corrected chi connectivity index (χ0v) is 20.3. The average molecular weight is 476 g/mol. The highest BCUT2D eigenvalue weighted by atomic mass is 16.5. The van der Waals surface area contributed by atoms with E-state index in [-0.39, 0.29) is 11.9 Å². The predicted molar refractivity (Wildman–Crippen MR) is 131 cm³/mol. The molecule has 2 aromatic rings. The molecule has 2 saturated heterocycles. The lowest BCUT2D eigenvalue weighted by Gasteiger charge is -2.57. The standard InChI is InChI=1S/C28H33N3O4/c1-18-8-9-21(35-2)14-22(18)26-15-20-16-31(13-10-19-6-4-3-5-7-19)23(20)28(26,34)12-11-27(17-26)24(32)29-25(33)30-27/h3-9,14,20,23,34H,10-13,15-17H2,1-2H3,(H2,29,30,32,33). The minimum atomic E-state index is -0.997. The number of fused-ring (bicyclic) bond motifs is 3. The summed E-state index contributed by atoms with van der Waals surface area (Å²) in [6.07, 6.45) is 3.01. The Morgan fingerprint density at radius 3 is 2.66 bits per heavy atom. The van der Waals surface area contributed by atoms with Crippen molar-refractivity contribution in [1.29, 1.82) is 0 Å². The summed E-state index contributed by atoms with van der Waals surface area (Å²) in [6, 6.07) is 16.1. The van der Waals surface area contributed by atoms with Crippen LogP contribution >= 0.6 is 0 Å². The van der Waals surface area contributed by atoms with Crippen molar-refractivity contribution in [3.8, 4) is 5.75 Å². The SMILES string of the molecule is COc1ccc(C)c(C23CC4CN(CCc5ccccc5)C4C2(O)CCC2(C3)NC(=O)NC2=O)c1. The van der Waals surface area contributed by atoms with Crippen molar-refractivity contribution in [3.63, 3.8) is 0 Å². The van der Waals surface area contributed by atoms with Crippen LogP contribution in [0.25, 0.3) is 0 Å². The van der Waals surface area contributed by atoms with Crippen LogP contribution in [0, 0.1) is 12.8 Å². The smallest absolute Gasteiger partial charge is 0.322 e. The maximum Gasteiger partial charge on any atom is 0.322 e. The molecule has 2 saturated carbocycles. The van der Waals surface area contributed by atoms with Gasteiger partial charge in [0.2, 0.25) is 0 Å². The van der Waals surface area contributed by atoms with E-state index < -0.39 is 22.6 Å². The number of amides is 3. The highest BCUT2D eigenvalue weighted by molar-refractivity contribution is 6.07. The number of rotatable bonds is 5. The van der Waals surface area contributed by atoms with Crippen molar-refractivity contribution in [1.82, 2.24) is 15.5 Å². The van der Waals surface area contributed by atoms with Gasteiger partial charge in [-0.05, 0) is 73.8 Å². The van der Waals surface area contributed by atoms with E-state index in [4.69, 9.17) is 4.74 Å². The number of hydrogen-bond donors (Lipinski definition) is 3. The van der Waals surface area contributed by atoms with Crippen molar-refractivity contribution in [3.05, 3.63) is 65.2 Å². The van der Waals surface area contributed by atoms with Gasteiger partial charge in [0, 0.05) is 24.5 Å². The molecular weight excluding hydrogens is 442 g/mol. The van der Waals surface area contributed by atoms with Gasteiger partial charge >= 0.3 is 6.03 Å². The first-order valence-electron chi connectivity index (χ1n) is 12.6. The molecule has 3 N–H and O–H groups in total. The van der Waals surface area contributed by atoms with Crippen LogP contribution in [0.15, 0.2) is 48.5 Å². The summed E-state index contributed by atoms with van der Waals surface area (Å²) in [5.41, 5.74) is 0.757. The minimum Gasteiger partial charge on any atom is -0.497 e. The molecule has 1 spiro atoms. The fourth-order valence-corrected chi connectivity index (χ4v) is 7.73. The third-order valence-corrected chi connectivity index (χ3v) is 9.28. The molecule has 5 atom stereocenters. The number of aryl methyl sites for hydroxylation is 1. The zero-order valence-electron chi connectivity index (χ0n) is 20.3. The Balaban J connectivity index is 1.39. The van der Waals surface area contributed by atoms with Crippen LogP contribution in [0.2, 0.25) is 0 Å². The molecule has 4 aliphatic rings. The van der Waals surface area contributed by atoms with Crippen LogP contribution in [0.4, 0.5) is 4.79 Å². The van der Waals surface area contributed by atoms with Crippen LogP contribution in [-0.2, 0) is 16.6 Å². The third-order valence-electron chi connectivity index (χ3n) is 9.28. The number of methoxy groups -OCH3 is 1. The van der Waals surface area contributed by atoms with Crippen LogP contribution in [0.5, 0.6) is 5.75 Å². The van der Waals surface area contributed by atoms with Crippen LogP contribution in [-0.4, -0.2) is 59.3 Å². The second-order valence-corrected chi connectivity index (χ2v) is 11.0. The highest BCUT2D eigenvalue weighted by Crippen LogP contribution is 2.65. The van der Waals surface area contributed by atoms with E-state index in [1.807, 2.05) is 24.3 Å². The van der Waals surface area contributed by atoms with E-state index in [1.165, 1.54) is 5.56 Å². The molecule has 6 rings (SSSR count). The van der Waals surface area contributed by atoms with E-state index in [0.29, 0.717) is 25.2 Å². The molecule has 0 aromatic heterocycles. The molecule has 3 amide bonds. The third kappa shape index (κ3) is 3.17. The topological polar surface area (TPSA) is 90.9 Å². The van der Waals surface area contributed by atoms with E-state index in [0.717, 1.165) is 42.8 Å². The molecule has 0 radical (unpaired) electrons. The second kappa shape index (κ2) is 7.80. The van der Waals surface area contributed by atoms with Crippen molar-refractivity contribution < 1.29 is 19.4 Å². The molecular formula is C28H33N3O4. The molecule has 0 bridgehead atoms. The Bertz CT molecular complexity index is 1190. The maximum atomic E-state index is 13.0. The van der Waals surface area contributed by atoms with E-state index >= 15 is 0 Å². The lowest BCUT2D eigenvalue weighted by atomic mass is 9.55. The van der Waals surface area contributed by atoms with Gasteiger partial charge in [-0.2, -0.15) is 0 Å². The minimum absolute atomic E-state index is 0.0364. The Kier molecular flexibility index (Phi) is 5.03. The summed E-state index contributed by atoms with van der Waals surface area (Å²) in [5.74, 6) is 0.809. The predicted octanol–water partition coefficient (Wildman–Crippen LogP) is 2.68.